The maximum absolute atomic E-state index is 11.9. The number of anilines is 1. The van der Waals surface area contributed by atoms with Crippen molar-refractivity contribution < 1.29 is 9.53 Å². The lowest BCUT2D eigenvalue weighted by Crippen LogP contribution is -2.33. The Morgan fingerprint density at radius 1 is 1.33 bits per heavy atom. The smallest absolute Gasteiger partial charge is 0.410 e. The van der Waals surface area contributed by atoms with Crippen molar-refractivity contribution in [3.8, 4) is 0 Å². The van der Waals surface area contributed by atoms with E-state index in [1.54, 1.807) is 4.90 Å². The number of amides is 1. The first kappa shape index (κ1) is 14.6. The lowest BCUT2D eigenvalue weighted by atomic mass is 10.1. The quantitative estimate of drug-likeness (QED) is 0.738. The molecule has 0 spiro atoms. The van der Waals surface area contributed by atoms with Crippen molar-refractivity contribution in [2.24, 2.45) is 0 Å². The second-order valence-corrected chi connectivity index (χ2v) is 5.32. The summed E-state index contributed by atoms with van der Waals surface area (Å²) in [6.45, 7) is 6.71. The number of fused-ring (bicyclic) bond motifs is 1. The molecule has 0 radical (unpaired) electrons. The zero-order valence-electron chi connectivity index (χ0n) is 10.9. The summed E-state index contributed by atoms with van der Waals surface area (Å²) in [7, 11) is 0. The van der Waals surface area contributed by atoms with Crippen molar-refractivity contribution in [1.82, 2.24) is 4.90 Å². The van der Waals surface area contributed by atoms with Crippen molar-refractivity contribution in [3.63, 3.8) is 0 Å². The van der Waals surface area contributed by atoms with E-state index in [0.29, 0.717) is 13.1 Å². The molecular weight excluding hydrogens is 252 g/mol. The van der Waals surface area contributed by atoms with Crippen molar-refractivity contribution >= 4 is 24.2 Å². The van der Waals surface area contributed by atoms with Gasteiger partial charge in [-0.05, 0) is 38.0 Å². The second-order valence-electron chi connectivity index (χ2n) is 5.32. The number of nitrogen functional groups attached to an aromatic ring is 1. The largest absolute Gasteiger partial charge is 0.444 e. The third kappa shape index (κ3) is 3.07. The van der Waals surface area contributed by atoms with Gasteiger partial charge < -0.3 is 10.5 Å². The summed E-state index contributed by atoms with van der Waals surface area (Å²) in [6.07, 6.45) is -0.284. The molecule has 4 nitrogen and oxygen atoms in total. The van der Waals surface area contributed by atoms with Crippen LogP contribution in [0.15, 0.2) is 18.2 Å². The number of carbonyl (C=O) groups excluding carboxylic acids is 1. The van der Waals surface area contributed by atoms with E-state index in [-0.39, 0.29) is 18.5 Å². The number of carbonyl (C=O) groups is 1. The van der Waals surface area contributed by atoms with Crippen LogP contribution in [0.3, 0.4) is 0 Å². The Labute approximate surface area is 114 Å². The lowest BCUT2D eigenvalue weighted by molar-refractivity contribution is 0.0242. The molecule has 100 valence electrons. The molecule has 0 fully saturated rings. The van der Waals surface area contributed by atoms with Gasteiger partial charge in [0.1, 0.15) is 5.60 Å². The summed E-state index contributed by atoms with van der Waals surface area (Å²) in [6, 6.07) is 5.76. The van der Waals surface area contributed by atoms with Crippen LogP contribution in [0.4, 0.5) is 10.5 Å². The highest BCUT2D eigenvalue weighted by Crippen LogP contribution is 2.28. The Kier molecular flexibility index (Phi) is 4.12. The molecule has 1 aromatic rings. The van der Waals surface area contributed by atoms with Crippen LogP contribution in [0.5, 0.6) is 0 Å². The standard InChI is InChI=1S/C13H18N2O2.ClH/c1-13(2,3)17-12(16)15-7-9-5-4-6-11(14)10(9)8-15;/h4-6H,7-8,14H2,1-3H3;1H. The number of rotatable bonds is 0. The minimum Gasteiger partial charge on any atom is -0.444 e. The van der Waals surface area contributed by atoms with Gasteiger partial charge in [-0.2, -0.15) is 0 Å². The molecule has 0 saturated carbocycles. The predicted molar refractivity (Wildman–Crippen MR) is 73.6 cm³/mol. The van der Waals surface area contributed by atoms with E-state index in [0.717, 1.165) is 16.8 Å². The summed E-state index contributed by atoms with van der Waals surface area (Å²) in [5, 5.41) is 0. The molecule has 5 heteroatoms. The first-order valence-electron chi connectivity index (χ1n) is 5.71. The van der Waals surface area contributed by atoms with Crippen LogP contribution in [0, 0.1) is 0 Å². The van der Waals surface area contributed by atoms with Crippen molar-refractivity contribution in [3.05, 3.63) is 29.3 Å². The van der Waals surface area contributed by atoms with Gasteiger partial charge in [0.15, 0.2) is 0 Å². The molecule has 0 unspecified atom stereocenters. The minimum atomic E-state index is -0.461. The van der Waals surface area contributed by atoms with Crippen molar-refractivity contribution in [1.29, 1.82) is 0 Å². The van der Waals surface area contributed by atoms with Crippen LogP contribution in [0.1, 0.15) is 31.9 Å². The number of nitrogens with zero attached hydrogens (tertiary/aromatic N) is 1. The molecule has 1 amide bonds. The number of halogens is 1. The maximum Gasteiger partial charge on any atom is 0.410 e. The van der Waals surface area contributed by atoms with Gasteiger partial charge in [0.25, 0.3) is 0 Å². The van der Waals surface area contributed by atoms with Gasteiger partial charge in [0, 0.05) is 12.2 Å². The van der Waals surface area contributed by atoms with Crippen molar-refractivity contribution in [2.45, 2.75) is 39.5 Å². The van der Waals surface area contributed by atoms with Gasteiger partial charge in [-0.3, -0.25) is 4.90 Å². The Morgan fingerprint density at radius 3 is 2.56 bits per heavy atom. The van der Waals surface area contributed by atoms with Gasteiger partial charge >= 0.3 is 6.09 Å². The summed E-state index contributed by atoms with van der Waals surface area (Å²) >= 11 is 0. The Morgan fingerprint density at radius 2 is 2.00 bits per heavy atom. The van der Waals surface area contributed by atoms with Gasteiger partial charge in [-0.25, -0.2) is 4.79 Å². The number of hydrogen-bond acceptors (Lipinski definition) is 3. The number of hydrogen-bond donors (Lipinski definition) is 1. The van der Waals surface area contributed by atoms with E-state index >= 15 is 0 Å². The summed E-state index contributed by atoms with van der Waals surface area (Å²) in [5.41, 5.74) is 8.31. The van der Waals surface area contributed by atoms with Crippen LogP contribution < -0.4 is 5.73 Å². The van der Waals surface area contributed by atoms with Crippen LogP contribution in [-0.2, 0) is 17.8 Å². The summed E-state index contributed by atoms with van der Waals surface area (Å²) in [5.74, 6) is 0. The molecule has 1 heterocycles. The van der Waals surface area contributed by atoms with E-state index in [4.69, 9.17) is 10.5 Å². The highest BCUT2D eigenvalue weighted by atomic mass is 35.5. The molecule has 1 aliphatic heterocycles. The van der Waals surface area contributed by atoms with E-state index in [1.807, 2.05) is 39.0 Å². The number of nitrogens with two attached hydrogens (primary N) is 1. The molecule has 2 rings (SSSR count). The van der Waals surface area contributed by atoms with E-state index in [9.17, 15) is 4.79 Å². The highest BCUT2D eigenvalue weighted by molar-refractivity contribution is 5.85. The lowest BCUT2D eigenvalue weighted by Gasteiger charge is -2.24. The first-order chi connectivity index (χ1) is 7.87. The molecule has 1 aromatic carbocycles. The summed E-state index contributed by atoms with van der Waals surface area (Å²) in [4.78, 5) is 13.6. The minimum absolute atomic E-state index is 0. The van der Waals surface area contributed by atoms with Crippen LogP contribution in [-0.4, -0.2) is 16.6 Å². The maximum atomic E-state index is 11.9. The normalized spacial score (nSPS) is 13.8. The molecule has 2 N–H and O–H groups in total. The molecule has 18 heavy (non-hydrogen) atoms. The average Bonchev–Trinajstić information content (AvgIpc) is 2.60. The van der Waals surface area contributed by atoms with Crippen LogP contribution in [0.2, 0.25) is 0 Å². The van der Waals surface area contributed by atoms with Gasteiger partial charge in [-0.15, -0.1) is 12.4 Å². The fraction of sp³-hybridized carbons (Fsp3) is 0.462. The average molecular weight is 271 g/mol. The molecule has 0 aromatic heterocycles. The SMILES string of the molecule is CC(C)(C)OC(=O)N1Cc2cccc(N)c2C1.Cl. The fourth-order valence-electron chi connectivity index (χ4n) is 1.90. The second kappa shape index (κ2) is 5.06. The molecular formula is C13H19ClN2O2. The van der Waals surface area contributed by atoms with E-state index in [1.165, 1.54) is 0 Å². The third-order valence-electron chi connectivity index (χ3n) is 2.67. The molecule has 0 aliphatic carbocycles. The van der Waals surface area contributed by atoms with Gasteiger partial charge in [-0.1, -0.05) is 12.1 Å². The van der Waals surface area contributed by atoms with Gasteiger partial charge in [0.05, 0.1) is 6.54 Å². The van der Waals surface area contributed by atoms with Gasteiger partial charge in [0.2, 0.25) is 0 Å². The molecule has 0 atom stereocenters. The predicted octanol–water partition coefficient (Wildman–Crippen LogP) is 2.94. The zero-order chi connectivity index (χ0) is 12.6. The Bertz CT molecular complexity index is 455. The van der Waals surface area contributed by atoms with E-state index in [2.05, 4.69) is 0 Å². The molecule has 1 aliphatic rings. The fourth-order valence-corrected chi connectivity index (χ4v) is 1.90. The Balaban J connectivity index is 0.00000162. The van der Waals surface area contributed by atoms with E-state index < -0.39 is 5.60 Å². The topological polar surface area (TPSA) is 55.6 Å². The molecule has 0 bridgehead atoms. The van der Waals surface area contributed by atoms with Crippen LogP contribution >= 0.6 is 12.4 Å². The number of benzene rings is 1. The monoisotopic (exact) mass is 270 g/mol. The summed E-state index contributed by atoms with van der Waals surface area (Å²) < 4.78 is 5.34. The Hall–Kier alpha value is -1.42. The first-order valence-corrected chi connectivity index (χ1v) is 5.71. The van der Waals surface area contributed by atoms with Crippen LogP contribution in [0.25, 0.3) is 0 Å². The molecule has 0 saturated heterocycles. The van der Waals surface area contributed by atoms with Crippen molar-refractivity contribution in [2.75, 3.05) is 5.73 Å². The highest BCUT2D eigenvalue weighted by Gasteiger charge is 2.28. The zero-order valence-corrected chi connectivity index (χ0v) is 11.7. The number of ether oxygens (including phenoxy) is 1. The third-order valence-corrected chi connectivity index (χ3v) is 2.67.